The fraction of sp³-hybridized carbons (Fsp3) is 0. The summed E-state index contributed by atoms with van der Waals surface area (Å²) < 4.78 is 0. The third kappa shape index (κ3) is 3.88. The molecule has 0 N–H and O–H groups in total. The van der Waals surface area contributed by atoms with Crippen LogP contribution in [0.2, 0.25) is 0 Å². The van der Waals surface area contributed by atoms with Crippen molar-refractivity contribution < 1.29 is 0 Å². The molecule has 0 aromatic heterocycles. The van der Waals surface area contributed by atoms with Crippen LogP contribution in [0.4, 0.5) is 0 Å². The van der Waals surface area contributed by atoms with Gasteiger partial charge in [0.05, 0.1) is 0 Å². The third-order valence-corrected chi connectivity index (χ3v) is 7.45. The molecule has 9 aromatic rings. The van der Waals surface area contributed by atoms with E-state index in [-0.39, 0.29) is 0 Å². The van der Waals surface area contributed by atoms with Gasteiger partial charge in [-0.05, 0) is 64.6 Å². The molecular weight excluding hydrogens is 456 g/mol. The van der Waals surface area contributed by atoms with Crippen LogP contribution in [-0.2, 0) is 0 Å². The summed E-state index contributed by atoms with van der Waals surface area (Å²) in [6.07, 6.45) is 0. The Balaban J connectivity index is 0.000000105. The molecule has 0 atom stereocenters. The predicted molar refractivity (Wildman–Crippen MR) is 167 cm³/mol. The van der Waals surface area contributed by atoms with E-state index in [0.29, 0.717) is 0 Å². The van der Waals surface area contributed by atoms with Crippen LogP contribution >= 0.6 is 0 Å². The minimum atomic E-state index is 1.34. The van der Waals surface area contributed by atoms with E-state index in [4.69, 9.17) is 0 Å². The molecule has 0 unspecified atom stereocenters. The van der Waals surface area contributed by atoms with Crippen molar-refractivity contribution in [1.82, 2.24) is 0 Å². The minimum absolute atomic E-state index is 1.34. The van der Waals surface area contributed by atoms with Gasteiger partial charge in [-0.15, -0.1) is 0 Å². The molecule has 0 spiro atoms. The Morgan fingerprint density at radius 3 is 0.474 bits per heavy atom. The van der Waals surface area contributed by atoms with Crippen LogP contribution in [0.15, 0.2) is 158 Å². The lowest BCUT2D eigenvalue weighted by molar-refractivity contribution is 1.72. The lowest BCUT2D eigenvalue weighted by atomic mass is 9.95. The van der Waals surface area contributed by atoms with Crippen molar-refractivity contribution >= 4 is 64.6 Å². The van der Waals surface area contributed by atoms with Crippen molar-refractivity contribution in [3.05, 3.63) is 158 Å². The maximum absolute atomic E-state index is 2.21. The summed E-state index contributed by atoms with van der Waals surface area (Å²) in [5.41, 5.74) is 0. The smallest absolute Gasteiger partial charge is 0.00268 e. The Kier molecular flexibility index (Phi) is 5.57. The standard InChI is InChI=1S/2C16H10.C6H6/c2*1-3-11-7-9-13-5-2-6-14-10-8-12(4-1)15(11)16(13)14;1-2-4-6-5-3-1/h2*1-10H;1-6H. The molecule has 0 aliphatic carbocycles. The highest BCUT2D eigenvalue weighted by atomic mass is 14.1. The summed E-state index contributed by atoms with van der Waals surface area (Å²) in [5, 5.41) is 16.3. The van der Waals surface area contributed by atoms with Gasteiger partial charge in [-0.1, -0.05) is 158 Å². The van der Waals surface area contributed by atoms with Gasteiger partial charge in [0.2, 0.25) is 0 Å². The average molecular weight is 483 g/mol. The predicted octanol–water partition coefficient (Wildman–Crippen LogP) is 10.9. The molecule has 0 heteroatoms. The van der Waals surface area contributed by atoms with E-state index in [1.807, 2.05) is 36.4 Å². The van der Waals surface area contributed by atoms with E-state index in [2.05, 4.69) is 121 Å². The molecule has 0 radical (unpaired) electrons. The van der Waals surface area contributed by atoms with E-state index in [1.54, 1.807) is 0 Å². The van der Waals surface area contributed by atoms with Crippen LogP contribution in [0.5, 0.6) is 0 Å². The molecule has 38 heavy (non-hydrogen) atoms. The van der Waals surface area contributed by atoms with E-state index < -0.39 is 0 Å². The Labute approximate surface area is 222 Å². The number of hydrogen-bond donors (Lipinski definition) is 0. The van der Waals surface area contributed by atoms with Crippen molar-refractivity contribution in [1.29, 1.82) is 0 Å². The largest absolute Gasteiger partial charge is 0.0623 e. The van der Waals surface area contributed by atoms with Gasteiger partial charge in [0.15, 0.2) is 0 Å². The lowest BCUT2D eigenvalue weighted by Crippen LogP contribution is -1.82. The van der Waals surface area contributed by atoms with Gasteiger partial charge in [0.25, 0.3) is 0 Å². The monoisotopic (exact) mass is 482 g/mol. The normalized spacial score (nSPS) is 11.2. The maximum atomic E-state index is 2.21. The number of rotatable bonds is 0. The van der Waals surface area contributed by atoms with Gasteiger partial charge in [-0.3, -0.25) is 0 Å². The molecule has 0 fully saturated rings. The Hall–Kier alpha value is -4.94. The molecule has 0 nitrogen and oxygen atoms in total. The Morgan fingerprint density at radius 1 is 0.158 bits per heavy atom. The van der Waals surface area contributed by atoms with Crippen LogP contribution in [0.25, 0.3) is 64.6 Å². The van der Waals surface area contributed by atoms with Gasteiger partial charge in [-0.2, -0.15) is 0 Å². The van der Waals surface area contributed by atoms with Crippen molar-refractivity contribution in [3.8, 4) is 0 Å². The fourth-order valence-electron chi connectivity index (χ4n) is 5.72. The average Bonchev–Trinajstić information content (AvgIpc) is 3.00. The van der Waals surface area contributed by atoms with Crippen molar-refractivity contribution in [2.75, 3.05) is 0 Å². The molecule has 0 aliphatic heterocycles. The Morgan fingerprint density at radius 2 is 0.316 bits per heavy atom. The number of hydrogen-bond acceptors (Lipinski definition) is 0. The van der Waals surface area contributed by atoms with E-state index in [0.717, 1.165) is 0 Å². The van der Waals surface area contributed by atoms with E-state index in [9.17, 15) is 0 Å². The summed E-state index contributed by atoms with van der Waals surface area (Å²) in [6.45, 7) is 0. The fourth-order valence-corrected chi connectivity index (χ4v) is 5.72. The van der Waals surface area contributed by atoms with Crippen molar-refractivity contribution in [2.24, 2.45) is 0 Å². The van der Waals surface area contributed by atoms with Crippen LogP contribution in [0.3, 0.4) is 0 Å². The minimum Gasteiger partial charge on any atom is -0.0623 e. The molecule has 9 rings (SSSR count). The maximum Gasteiger partial charge on any atom is -0.00268 e. The van der Waals surface area contributed by atoms with Gasteiger partial charge in [0.1, 0.15) is 0 Å². The summed E-state index contributed by atoms with van der Waals surface area (Å²) in [4.78, 5) is 0. The molecule has 0 bridgehead atoms. The van der Waals surface area contributed by atoms with E-state index >= 15 is 0 Å². The Bertz CT molecular complexity index is 1690. The first-order valence-electron chi connectivity index (χ1n) is 13.1. The molecule has 0 amide bonds. The van der Waals surface area contributed by atoms with Gasteiger partial charge >= 0.3 is 0 Å². The van der Waals surface area contributed by atoms with Gasteiger partial charge in [0, 0.05) is 0 Å². The second kappa shape index (κ2) is 9.50. The molecule has 0 heterocycles. The third-order valence-electron chi connectivity index (χ3n) is 7.45. The SMILES string of the molecule is c1cc2ccc3cccc4ccc(c1)c2c34.c1cc2ccc3cccc4ccc(c1)c2c34.c1ccccc1. The second-order valence-corrected chi connectivity index (χ2v) is 9.73. The summed E-state index contributed by atoms with van der Waals surface area (Å²) in [6, 6.07) is 55.7. The summed E-state index contributed by atoms with van der Waals surface area (Å²) >= 11 is 0. The van der Waals surface area contributed by atoms with E-state index in [1.165, 1.54) is 64.6 Å². The highest BCUT2D eigenvalue weighted by molar-refractivity contribution is 6.23. The lowest BCUT2D eigenvalue weighted by Gasteiger charge is -2.09. The summed E-state index contributed by atoms with van der Waals surface area (Å²) in [7, 11) is 0. The quantitative estimate of drug-likeness (QED) is 0.189. The van der Waals surface area contributed by atoms with Crippen LogP contribution in [0, 0.1) is 0 Å². The zero-order valence-electron chi connectivity index (χ0n) is 21.0. The molecule has 9 aromatic carbocycles. The van der Waals surface area contributed by atoms with Crippen LogP contribution < -0.4 is 0 Å². The zero-order valence-corrected chi connectivity index (χ0v) is 21.0. The van der Waals surface area contributed by atoms with Crippen molar-refractivity contribution in [2.45, 2.75) is 0 Å². The first-order chi connectivity index (χ1) is 18.9. The molecule has 178 valence electrons. The van der Waals surface area contributed by atoms with Gasteiger partial charge in [-0.25, -0.2) is 0 Å². The molecule has 0 aliphatic rings. The molecule has 0 saturated heterocycles. The summed E-state index contributed by atoms with van der Waals surface area (Å²) in [5.74, 6) is 0. The first kappa shape index (κ1) is 22.3. The molecule has 0 saturated carbocycles. The topological polar surface area (TPSA) is 0 Å². The zero-order chi connectivity index (χ0) is 25.3. The second-order valence-electron chi connectivity index (χ2n) is 9.73. The van der Waals surface area contributed by atoms with Crippen LogP contribution in [-0.4, -0.2) is 0 Å². The molecular formula is C38H26. The number of benzene rings is 9. The van der Waals surface area contributed by atoms with Crippen molar-refractivity contribution in [3.63, 3.8) is 0 Å². The highest BCUT2D eigenvalue weighted by Gasteiger charge is 2.07. The van der Waals surface area contributed by atoms with Crippen LogP contribution in [0.1, 0.15) is 0 Å². The van der Waals surface area contributed by atoms with Gasteiger partial charge < -0.3 is 0 Å². The first-order valence-corrected chi connectivity index (χ1v) is 13.1. The highest BCUT2D eigenvalue weighted by Crippen LogP contribution is 2.35.